The van der Waals surface area contributed by atoms with Gasteiger partial charge >= 0.3 is 0 Å². The van der Waals surface area contributed by atoms with E-state index < -0.39 is 0 Å². The maximum atomic E-state index is 6.02. The Bertz CT molecular complexity index is 328. The van der Waals surface area contributed by atoms with Crippen LogP contribution in [0.5, 0.6) is 5.75 Å². The summed E-state index contributed by atoms with van der Waals surface area (Å²) in [6, 6.07) is 10.2. The minimum Gasteiger partial charge on any atom is -0.490 e. The van der Waals surface area contributed by atoms with Gasteiger partial charge in [0.05, 0.1) is 6.10 Å². The van der Waals surface area contributed by atoms with Gasteiger partial charge in [-0.3, -0.25) is 0 Å². The standard InChI is InChI=1S/C16H24O/c1-16(2,3)13-9-11-15(12-10-13)17-14-7-5-4-6-8-14/h4-8,13,15H,9-12H2,1-3H3. The third-order valence-corrected chi connectivity index (χ3v) is 3.94. The Morgan fingerprint density at radius 1 is 0.941 bits per heavy atom. The van der Waals surface area contributed by atoms with Gasteiger partial charge in [0.2, 0.25) is 0 Å². The van der Waals surface area contributed by atoms with Crippen LogP contribution in [0, 0.1) is 11.3 Å². The molecular formula is C16H24O. The molecule has 1 aliphatic rings. The first-order valence-corrected chi connectivity index (χ1v) is 6.77. The molecule has 0 atom stereocenters. The van der Waals surface area contributed by atoms with Gasteiger partial charge in [0.1, 0.15) is 5.75 Å². The third kappa shape index (κ3) is 3.49. The van der Waals surface area contributed by atoms with Gasteiger partial charge in [-0.1, -0.05) is 39.0 Å². The second-order valence-corrected chi connectivity index (χ2v) is 6.27. The van der Waals surface area contributed by atoms with E-state index in [0.717, 1.165) is 11.7 Å². The number of hydrogen-bond acceptors (Lipinski definition) is 1. The molecule has 2 rings (SSSR count). The minimum atomic E-state index is 0.427. The summed E-state index contributed by atoms with van der Waals surface area (Å²) in [6.45, 7) is 7.07. The molecule has 0 radical (unpaired) electrons. The van der Waals surface area contributed by atoms with Gasteiger partial charge in [0.15, 0.2) is 0 Å². The smallest absolute Gasteiger partial charge is 0.119 e. The van der Waals surface area contributed by atoms with Crippen molar-refractivity contribution in [3.8, 4) is 5.75 Å². The van der Waals surface area contributed by atoms with Crippen molar-refractivity contribution >= 4 is 0 Å². The molecule has 94 valence electrons. The van der Waals surface area contributed by atoms with Crippen molar-refractivity contribution in [3.63, 3.8) is 0 Å². The molecule has 1 aliphatic carbocycles. The van der Waals surface area contributed by atoms with Crippen molar-refractivity contribution in [2.75, 3.05) is 0 Å². The van der Waals surface area contributed by atoms with Crippen LogP contribution in [0.25, 0.3) is 0 Å². The lowest BCUT2D eigenvalue weighted by Gasteiger charge is -2.36. The highest BCUT2D eigenvalue weighted by atomic mass is 16.5. The summed E-state index contributed by atoms with van der Waals surface area (Å²) in [4.78, 5) is 0. The summed E-state index contributed by atoms with van der Waals surface area (Å²) in [7, 11) is 0. The Kier molecular flexibility index (Phi) is 3.76. The summed E-state index contributed by atoms with van der Waals surface area (Å²) in [5.41, 5.74) is 0.456. The first kappa shape index (κ1) is 12.5. The van der Waals surface area contributed by atoms with Crippen LogP contribution < -0.4 is 4.74 Å². The molecule has 1 heteroatoms. The van der Waals surface area contributed by atoms with E-state index in [2.05, 4.69) is 32.9 Å². The lowest BCUT2D eigenvalue weighted by molar-refractivity contribution is 0.0882. The molecular weight excluding hydrogens is 208 g/mol. The van der Waals surface area contributed by atoms with Crippen LogP contribution in [0.15, 0.2) is 30.3 Å². The summed E-state index contributed by atoms with van der Waals surface area (Å²) in [5, 5.41) is 0. The topological polar surface area (TPSA) is 9.23 Å². The number of benzene rings is 1. The van der Waals surface area contributed by atoms with E-state index in [4.69, 9.17) is 4.74 Å². The van der Waals surface area contributed by atoms with Crippen LogP contribution in [0.3, 0.4) is 0 Å². The molecule has 1 nitrogen and oxygen atoms in total. The van der Waals surface area contributed by atoms with Crippen molar-refractivity contribution in [1.82, 2.24) is 0 Å². The van der Waals surface area contributed by atoms with Crippen LogP contribution in [-0.2, 0) is 0 Å². The molecule has 0 saturated heterocycles. The van der Waals surface area contributed by atoms with Crippen LogP contribution >= 0.6 is 0 Å². The van der Waals surface area contributed by atoms with E-state index in [1.807, 2.05) is 18.2 Å². The fraction of sp³-hybridized carbons (Fsp3) is 0.625. The van der Waals surface area contributed by atoms with Gasteiger partial charge in [0.25, 0.3) is 0 Å². The van der Waals surface area contributed by atoms with Gasteiger partial charge < -0.3 is 4.74 Å². The summed E-state index contributed by atoms with van der Waals surface area (Å²) in [5.74, 6) is 1.88. The Labute approximate surface area is 105 Å². The number of rotatable bonds is 2. The monoisotopic (exact) mass is 232 g/mol. The van der Waals surface area contributed by atoms with Crippen LogP contribution in [0.4, 0.5) is 0 Å². The van der Waals surface area contributed by atoms with E-state index in [9.17, 15) is 0 Å². The normalized spacial score (nSPS) is 25.6. The predicted molar refractivity (Wildman–Crippen MR) is 72.3 cm³/mol. The highest BCUT2D eigenvalue weighted by Gasteiger charge is 2.30. The Morgan fingerprint density at radius 2 is 1.53 bits per heavy atom. The van der Waals surface area contributed by atoms with Gasteiger partial charge in [-0.15, -0.1) is 0 Å². The lowest BCUT2D eigenvalue weighted by atomic mass is 9.72. The zero-order valence-electron chi connectivity index (χ0n) is 11.3. The third-order valence-electron chi connectivity index (χ3n) is 3.94. The first-order chi connectivity index (χ1) is 8.05. The maximum Gasteiger partial charge on any atom is 0.119 e. The molecule has 0 spiro atoms. The predicted octanol–water partition coefficient (Wildman–Crippen LogP) is 4.67. The molecule has 1 saturated carbocycles. The van der Waals surface area contributed by atoms with Crippen molar-refractivity contribution in [2.24, 2.45) is 11.3 Å². The zero-order chi connectivity index (χ0) is 12.3. The Morgan fingerprint density at radius 3 is 2.06 bits per heavy atom. The molecule has 0 aliphatic heterocycles. The molecule has 0 aromatic heterocycles. The molecule has 0 heterocycles. The molecule has 17 heavy (non-hydrogen) atoms. The van der Waals surface area contributed by atoms with Crippen molar-refractivity contribution < 1.29 is 4.74 Å². The Balaban J connectivity index is 1.84. The number of para-hydroxylation sites is 1. The summed E-state index contributed by atoms with van der Waals surface area (Å²) in [6.07, 6.45) is 5.45. The second-order valence-electron chi connectivity index (χ2n) is 6.27. The largest absolute Gasteiger partial charge is 0.490 e. The van der Waals surface area contributed by atoms with Crippen molar-refractivity contribution in [2.45, 2.75) is 52.6 Å². The molecule has 0 N–H and O–H groups in total. The summed E-state index contributed by atoms with van der Waals surface area (Å²) >= 11 is 0. The van der Waals surface area contributed by atoms with Gasteiger partial charge in [-0.05, 0) is 49.1 Å². The van der Waals surface area contributed by atoms with Crippen molar-refractivity contribution in [3.05, 3.63) is 30.3 Å². The average Bonchev–Trinajstić information content (AvgIpc) is 2.30. The second kappa shape index (κ2) is 5.12. The molecule has 0 amide bonds. The minimum absolute atomic E-state index is 0.427. The van der Waals surface area contributed by atoms with E-state index in [0.29, 0.717) is 11.5 Å². The molecule has 1 fully saturated rings. The maximum absolute atomic E-state index is 6.02. The number of ether oxygens (including phenoxy) is 1. The molecule has 1 aromatic rings. The van der Waals surface area contributed by atoms with E-state index >= 15 is 0 Å². The average molecular weight is 232 g/mol. The highest BCUT2D eigenvalue weighted by Crippen LogP contribution is 2.38. The molecule has 1 aromatic carbocycles. The summed E-state index contributed by atoms with van der Waals surface area (Å²) < 4.78 is 6.02. The number of hydrogen-bond donors (Lipinski definition) is 0. The van der Waals surface area contributed by atoms with E-state index in [1.54, 1.807) is 0 Å². The van der Waals surface area contributed by atoms with Gasteiger partial charge in [-0.2, -0.15) is 0 Å². The fourth-order valence-corrected chi connectivity index (χ4v) is 2.74. The van der Waals surface area contributed by atoms with Crippen molar-refractivity contribution in [1.29, 1.82) is 0 Å². The quantitative estimate of drug-likeness (QED) is 0.720. The first-order valence-electron chi connectivity index (χ1n) is 6.77. The molecule has 0 unspecified atom stereocenters. The van der Waals surface area contributed by atoms with Crippen LogP contribution in [-0.4, -0.2) is 6.10 Å². The lowest BCUT2D eigenvalue weighted by Crippen LogP contribution is -2.30. The highest BCUT2D eigenvalue weighted by molar-refractivity contribution is 5.21. The van der Waals surface area contributed by atoms with Crippen LogP contribution in [0.1, 0.15) is 46.5 Å². The van der Waals surface area contributed by atoms with Crippen LogP contribution in [0.2, 0.25) is 0 Å². The van der Waals surface area contributed by atoms with E-state index in [1.165, 1.54) is 25.7 Å². The van der Waals surface area contributed by atoms with Gasteiger partial charge in [0, 0.05) is 0 Å². The SMILES string of the molecule is CC(C)(C)C1CCC(Oc2ccccc2)CC1. The fourth-order valence-electron chi connectivity index (χ4n) is 2.74. The Hall–Kier alpha value is -0.980. The zero-order valence-corrected chi connectivity index (χ0v) is 11.3. The van der Waals surface area contributed by atoms with E-state index in [-0.39, 0.29) is 0 Å². The van der Waals surface area contributed by atoms with Gasteiger partial charge in [-0.25, -0.2) is 0 Å². The molecule has 0 bridgehead atoms.